The number of amides is 1. The van der Waals surface area contributed by atoms with Crippen molar-refractivity contribution in [1.29, 1.82) is 0 Å². The lowest BCUT2D eigenvalue weighted by molar-refractivity contribution is 0.102. The monoisotopic (exact) mass is 265 g/mol. The Morgan fingerprint density at radius 1 is 1.15 bits per heavy atom. The molecule has 0 spiro atoms. The quantitative estimate of drug-likeness (QED) is 0.773. The van der Waals surface area contributed by atoms with E-state index in [2.05, 4.69) is 16.4 Å². The lowest BCUT2D eigenvalue weighted by Gasteiger charge is -2.09. The summed E-state index contributed by atoms with van der Waals surface area (Å²) in [5.74, 6) is -0.140. The largest absolute Gasteiger partial charge is 0.321 e. The molecule has 1 amide bonds. The van der Waals surface area contributed by atoms with Gasteiger partial charge in [0.15, 0.2) is 0 Å². The molecular formula is C16H15N3O. The van der Waals surface area contributed by atoms with Gasteiger partial charge in [-0.25, -0.2) is 4.98 Å². The molecule has 4 nitrogen and oxygen atoms in total. The van der Waals surface area contributed by atoms with Gasteiger partial charge >= 0.3 is 0 Å². The van der Waals surface area contributed by atoms with Crippen LogP contribution in [0.2, 0.25) is 0 Å². The summed E-state index contributed by atoms with van der Waals surface area (Å²) in [6.07, 6.45) is 3.47. The Kier molecular flexibility index (Phi) is 2.99. The van der Waals surface area contributed by atoms with Crippen molar-refractivity contribution < 1.29 is 4.79 Å². The minimum absolute atomic E-state index is 0.140. The molecule has 0 aliphatic carbocycles. The number of carbonyl (C=O) groups is 1. The van der Waals surface area contributed by atoms with Gasteiger partial charge in [0.25, 0.3) is 5.91 Å². The molecule has 0 aliphatic rings. The second-order valence-corrected chi connectivity index (χ2v) is 4.90. The van der Waals surface area contributed by atoms with Crippen LogP contribution in [0.3, 0.4) is 0 Å². The maximum atomic E-state index is 12.4. The molecule has 1 N–H and O–H groups in total. The van der Waals surface area contributed by atoms with Crippen LogP contribution in [-0.2, 0) is 0 Å². The Morgan fingerprint density at radius 3 is 2.65 bits per heavy atom. The molecular weight excluding hydrogens is 250 g/mol. The molecule has 0 aliphatic heterocycles. The minimum Gasteiger partial charge on any atom is -0.321 e. The van der Waals surface area contributed by atoms with Gasteiger partial charge in [0.05, 0.1) is 0 Å². The molecule has 0 saturated carbocycles. The molecule has 1 aromatic carbocycles. The van der Waals surface area contributed by atoms with Crippen molar-refractivity contribution in [3.05, 3.63) is 65.6 Å². The highest BCUT2D eigenvalue weighted by molar-refractivity contribution is 6.03. The van der Waals surface area contributed by atoms with Crippen molar-refractivity contribution >= 4 is 17.2 Å². The number of pyridine rings is 1. The molecule has 0 bridgehead atoms. The topological polar surface area (TPSA) is 46.4 Å². The van der Waals surface area contributed by atoms with Gasteiger partial charge in [0.2, 0.25) is 0 Å². The molecule has 100 valence electrons. The second kappa shape index (κ2) is 4.81. The van der Waals surface area contributed by atoms with E-state index in [4.69, 9.17) is 0 Å². The molecule has 0 atom stereocenters. The van der Waals surface area contributed by atoms with E-state index in [1.54, 1.807) is 22.9 Å². The van der Waals surface area contributed by atoms with Crippen LogP contribution in [0.15, 0.2) is 48.8 Å². The fourth-order valence-corrected chi connectivity index (χ4v) is 2.37. The summed E-state index contributed by atoms with van der Waals surface area (Å²) in [7, 11) is 0. The lowest BCUT2D eigenvalue weighted by Crippen LogP contribution is -2.15. The van der Waals surface area contributed by atoms with Crippen LogP contribution in [0.1, 0.15) is 21.6 Å². The molecule has 0 unspecified atom stereocenters. The zero-order chi connectivity index (χ0) is 14.1. The molecule has 0 fully saturated rings. The summed E-state index contributed by atoms with van der Waals surface area (Å²) in [5, 5.41) is 2.93. The van der Waals surface area contributed by atoms with E-state index in [-0.39, 0.29) is 5.91 Å². The van der Waals surface area contributed by atoms with Crippen LogP contribution >= 0.6 is 0 Å². The van der Waals surface area contributed by atoms with Crippen LogP contribution in [0, 0.1) is 13.8 Å². The Balaban J connectivity index is 1.95. The van der Waals surface area contributed by atoms with E-state index in [9.17, 15) is 4.79 Å². The van der Waals surface area contributed by atoms with Crippen LogP contribution in [0.5, 0.6) is 0 Å². The number of nitrogens with zero attached hydrogens (tertiary/aromatic N) is 2. The van der Waals surface area contributed by atoms with Gasteiger partial charge in [-0.05, 0) is 49.2 Å². The number of nitrogens with one attached hydrogen (secondary N) is 1. The first kappa shape index (κ1) is 12.4. The fourth-order valence-electron chi connectivity index (χ4n) is 2.37. The predicted octanol–water partition coefficient (Wildman–Crippen LogP) is 3.20. The van der Waals surface area contributed by atoms with Gasteiger partial charge in [-0.15, -0.1) is 0 Å². The molecule has 2 heterocycles. The third-order valence-corrected chi connectivity index (χ3v) is 3.14. The fraction of sp³-hybridized carbons (Fsp3) is 0.125. The third-order valence-electron chi connectivity index (χ3n) is 3.14. The average Bonchev–Trinajstić information content (AvgIpc) is 2.85. The van der Waals surface area contributed by atoms with Crippen molar-refractivity contribution in [2.75, 3.05) is 5.32 Å². The Hall–Kier alpha value is -2.62. The zero-order valence-corrected chi connectivity index (χ0v) is 11.4. The molecule has 3 aromatic rings. The van der Waals surface area contributed by atoms with Crippen LogP contribution in [0.25, 0.3) is 5.65 Å². The highest BCUT2D eigenvalue weighted by Gasteiger charge is 2.10. The first-order valence-corrected chi connectivity index (χ1v) is 6.45. The summed E-state index contributed by atoms with van der Waals surface area (Å²) in [6.45, 7) is 4.03. The van der Waals surface area contributed by atoms with Crippen LogP contribution in [0.4, 0.5) is 5.69 Å². The number of aromatic nitrogens is 2. The second-order valence-electron chi connectivity index (χ2n) is 4.90. The number of aryl methyl sites for hydroxylation is 2. The summed E-state index contributed by atoms with van der Waals surface area (Å²) < 4.78 is 1.78. The Morgan fingerprint density at radius 2 is 1.90 bits per heavy atom. The molecule has 20 heavy (non-hydrogen) atoms. The minimum atomic E-state index is -0.140. The third kappa shape index (κ3) is 2.28. The summed E-state index contributed by atoms with van der Waals surface area (Å²) >= 11 is 0. The molecule has 3 rings (SSSR count). The van der Waals surface area contributed by atoms with Crippen molar-refractivity contribution in [2.45, 2.75) is 13.8 Å². The number of hydrogen-bond donors (Lipinski definition) is 1. The van der Waals surface area contributed by atoms with Crippen molar-refractivity contribution in [3.8, 4) is 0 Å². The number of hydrogen-bond acceptors (Lipinski definition) is 2. The first-order chi connectivity index (χ1) is 9.63. The normalized spacial score (nSPS) is 10.7. The highest BCUT2D eigenvalue weighted by Crippen LogP contribution is 2.15. The molecule has 4 heteroatoms. The van der Waals surface area contributed by atoms with Crippen molar-refractivity contribution in [3.63, 3.8) is 0 Å². The molecule has 2 aromatic heterocycles. The summed E-state index contributed by atoms with van der Waals surface area (Å²) in [6, 6.07) is 11.5. The smallest absolute Gasteiger partial charge is 0.272 e. The van der Waals surface area contributed by atoms with Gasteiger partial charge in [-0.3, -0.25) is 9.20 Å². The first-order valence-electron chi connectivity index (χ1n) is 6.45. The van der Waals surface area contributed by atoms with E-state index in [1.807, 2.05) is 38.1 Å². The maximum absolute atomic E-state index is 12.4. The van der Waals surface area contributed by atoms with E-state index >= 15 is 0 Å². The van der Waals surface area contributed by atoms with E-state index < -0.39 is 0 Å². The number of carbonyl (C=O) groups excluding carboxylic acids is 1. The Labute approximate surface area is 117 Å². The van der Waals surface area contributed by atoms with Crippen molar-refractivity contribution in [2.24, 2.45) is 0 Å². The molecule has 0 radical (unpaired) electrons. The maximum Gasteiger partial charge on any atom is 0.272 e. The van der Waals surface area contributed by atoms with Crippen molar-refractivity contribution in [1.82, 2.24) is 9.38 Å². The standard InChI is InChI=1S/C16H15N3O/c1-11-8-12(2)10-13(9-11)18-16(20)14-4-3-5-15-17-6-7-19(14)15/h3-10H,1-2H3,(H,18,20). The molecule has 0 saturated heterocycles. The predicted molar refractivity (Wildman–Crippen MR) is 79.1 cm³/mol. The Bertz CT molecular complexity index is 769. The SMILES string of the molecule is Cc1cc(C)cc(NC(=O)c2cccc3nccn23)c1. The van der Waals surface area contributed by atoms with Gasteiger partial charge < -0.3 is 5.32 Å². The van der Waals surface area contributed by atoms with E-state index in [1.165, 1.54) is 0 Å². The van der Waals surface area contributed by atoms with E-state index in [0.717, 1.165) is 22.5 Å². The number of fused-ring (bicyclic) bond motifs is 1. The van der Waals surface area contributed by atoms with E-state index in [0.29, 0.717) is 5.69 Å². The summed E-state index contributed by atoms with van der Waals surface area (Å²) in [4.78, 5) is 16.6. The number of anilines is 1. The van der Waals surface area contributed by atoms with Crippen LogP contribution < -0.4 is 5.32 Å². The number of imidazole rings is 1. The lowest BCUT2D eigenvalue weighted by atomic mass is 10.1. The van der Waals surface area contributed by atoms with Crippen LogP contribution in [-0.4, -0.2) is 15.3 Å². The van der Waals surface area contributed by atoms with Gasteiger partial charge in [-0.1, -0.05) is 12.1 Å². The van der Waals surface area contributed by atoms with Gasteiger partial charge in [0, 0.05) is 18.1 Å². The van der Waals surface area contributed by atoms with Gasteiger partial charge in [-0.2, -0.15) is 0 Å². The highest BCUT2D eigenvalue weighted by atomic mass is 16.1. The average molecular weight is 265 g/mol. The zero-order valence-electron chi connectivity index (χ0n) is 11.4. The van der Waals surface area contributed by atoms with Gasteiger partial charge in [0.1, 0.15) is 11.3 Å². The summed E-state index contributed by atoms with van der Waals surface area (Å²) in [5.41, 5.74) is 4.39. The number of benzene rings is 1. The number of rotatable bonds is 2.